The number of nitrogens with zero attached hydrogens (tertiary/aromatic N) is 2. The Bertz CT molecular complexity index is 1430. The molecule has 0 saturated heterocycles. The second-order valence-electron chi connectivity index (χ2n) is 9.94. The van der Waals surface area contributed by atoms with Gasteiger partial charge in [-0.15, -0.1) is 11.3 Å². The van der Waals surface area contributed by atoms with E-state index < -0.39 is 0 Å². The van der Waals surface area contributed by atoms with E-state index in [1.807, 2.05) is 39.0 Å². The Balaban J connectivity index is 1.43. The fourth-order valence-electron chi connectivity index (χ4n) is 5.17. The molecule has 1 aromatic carbocycles. The highest BCUT2D eigenvalue weighted by atomic mass is 32.1. The molecular formula is C28H31N5O4S. The van der Waals surface area contributed by atoms with Gasteiger partial charge in [0.2, 0.25) is 5.91 Å². The number of nitrogens with one attached hydrogen (secondary N) is 3. The van der Waals surface area contributed by atoms with Gasteiger partial charge < -0.3 is 20.7 Å². The zero-order chi connectivity index (χ0) is 27.0. The number of anilines is 3. The number of pyridine rings is 1. The third-order valence-corrected chi connectivity index (χ3v) is 7.87. The first-order valence-corrected chi connectivity index (χ1v) is 13.6. The minimum atomic E-state index is -0.344. The van der Waals surface area contributed by atoms with E-state index in [-0.39, 0.29) is 36.0 Å². The summed E-state index contributed by atoms with van der Waals surface area (Å²) >= 11 is 1.26. The van der Waals surface area contributed by atoms with Crippen LogP contribution in [0.1, 0.15) is 54.8 Å². The lowest BCUT2D eigenvalue weighted by molar-refractivity contribution is -0.117. The highest BCUT2D eigenvalue weighted by molar-refractivity contribution is 7.21. The van der Waals surface area contributed by atoms with E-state index in [1.165, 1.54) is 17.4 Å². The molecule has 3 N–H and O–H groups in total. The number of rotatable bonds is 7. The maximum atomic E-state index is 13.4. The summed E-state index contributed by atoms with van der Waals surface area (Å²) in [4.78, 5) is 45.8. The molecule has 1 saturated carbocycles. The molecule has 198 valence electrons. The maximum absolute atomic E-state index is 13.4. The van der Waals surface area contributed by atoms with E-state index in [4.69, 9.17) is 4.74 Å². The molecule has 2 aliphatic rings. The van der Waals surface area contributed by atoms with Crippen LogP contribution in [0.4, 0.5) is 21.9 Å². The Kier molecular flexibility index (Phi) is 7.07. The lowest BCUT2D eigenvalue weighted by Gasteiger charge is -2.31. The first-order valence-electron chi connectivity index (χ1n) is 12.8. The number of hydrogen-bond acceptors (Lipinski definition) is 6. The SMILES string of the molecule is C=CC(=O)N[C@@H]1CCC[C@H](NC(=O)c2sc3nccc4c3c2NC(=O)N4c2ccc(OC(C)C)cc2C)C1. The van der Waals surface area contributed by atoms with Gasteiger partial charge in [0.15, 0.2) is 0 Å². The summed E-state index contributed by atoms with van der Waals surface area (Å²) in [6.45, 7) is 9.37. The van der Waals surface area contributed by atoms with Crippen molar-refractivity contribution in [3.8, 4) is 5.75 Å². The van der Waals surface area contributed by atoms with Crippen molar-refractivity contribution >= 4 is 56.5 Å². The molecule has 38 heavy (non-hydrogen) atoms. The van der Waals surface area contributed by atoms with Crippen LogP contribution in [0.3, 0.4) is 0 Å². The van der Waals surface area contributed by atoms with Crippen LogP contribution in [0.2, 0.25) is 0 Å². The number of aromatic nitrogens is 1. The van der Waals surface area contributed by atoms with Gasteiger partial charge in [-0.05, 0) is 82.4 Å². The highest BCUT2D eigenvalue weighted by Crippen LogP contribution is 2.46. The van der Waals surface area contributed by atoms with Gasteiger partial charge in [-0.1, -0.05) is 6.58 Å². The van der Waals surface area contributed by atoms with Crippen molar-refractivity contribution in [2.24, 2.45) is 0 Å². The molecule has 0 spiro atoms. The standard InChI is InChI=1S/C28H31N5O4S/c1-5-22(34)30-17-7-6-8-18(14-17)31-26(35)25-24-23-21(11-12-29-27(23)38-25)33(28(36)32-24)20-10-9-19(13-16(20)4)37-15(2)3/h5,9-13,15,17-18H,1,6-8,14H2,2-4H3,(H,30,34)(H,31,35)(H,32,36)/t17-,18+/m1/s1. The van der Waals surface area contributed by atoms with Gasteiger partial charge in [0, 0.05) is 18.3 Å². The number of aryl methyl sites for hydroxylation is 1. The predicted molar refractivity (Wildman–Crippen MR) is 150 cm³/mol. The van der Waals surface area contributed by atoms with Crippen LogP contribution >= 0.6 is 11.3 Å². The molecule has 0 bridgehead atoms. The van der Waals surface area contributed by atoms with Crippen LogP contribution in [0.15, 0.2) is 43.1 Å². The fraction of sp³-hybridized carbons (Fsp3) is 0.357. The van der Waals surface area contributed by atoms with Crippen molar-refractivity contribution in [1.82, 2.24) is 15.6 Å². The third kappa shape index (κ3) is 4.96. The third-order valence-electron chi connectivity index (χ3n) is 6.77. The van der Waals surface area contributed by atoms with Crippen molar-refractivity contribution in [2.75, 3.05) is 10.2 Å². The van der Waals surface area contributed by atoms with E-state index in [2.05, 4.69) is 27.5 Å². The molecule has 4 amide bonds. The lowest BCUT2D eigenvalue weighted by atomic mass is 9.91. The maximum Gasteiger partial charge on any atom is 0.331 e. The van der Waals surface area contributed by atoms with Crippen molar-refractivity contribution in [1.29, 1.82) is 0 Å². The Morgan fingerprint density at radius 3 is 2.68 bits per heavy atom. The summed E-state index contributed by atoms with van der Waals surface area (Å²) in [6, 6.07) is 6.99. The van der Waals surface area contributed by atoms with E-state index in [1.54, 1.807) is 17.2 Å². The van der Waals surface area contributed by atoms with Gasteiger partial charge >= 0.3 is 6.03 Å². The molecule has 0 radical (unpaired) electrons. The summed E-state index contributed by atoms with van der Waals surface area (Å²) < 4.78 is 5.80. The topological polar surface area (TPSA) is 113 Å². The van der Waals surface area contributed by atoms with E-state index in [0.717, 1.165) is 41.6 Å². The number of carbonyl (C=O) groups excluding carboxylic acids is 3. The Labute approximate surface area is 225 Å². The van der Waals surface area contributed by atoms with Gasteiger partial charge in [-0.3, -0.25) is 14.5 Å². The minimum Gasteiger partial charge on any atom is -0.491 e. The zero-order valence-corrected chi connectivity index (χ0v) is 22.5. The summed E-state index contributed by atoms with van der Waals surface area (Å²) in [5.41, 5.74) is 2.77. The van der Waals surface area contributed by atoms with Gasteiger partial charge in [0.25, 0.3) is 5.91 Å². The average molecular weight is 534 g/mol. The van der Waals surface area contributed by atoms with Gasteiger partial charge in [-0.25, -0.2) is 9.78 Å². The number of ether oxygens (including phenoxy) is 1. The van der Waals surface area contributed by atoms with E-state index in [9.17, 15) is 14.4 Å². The molecule has 3 heterocycles. The normalized spacial score (nSPS) is 18.7. The monoisotopic (exact) mass is 533 g/mol. The number of carbonyl (C=O) groups is 3. The number of benzene rings is 1. The lowest BCUT2D eigenvalue weighted by Crippen LogP contribution is -2.45. The summed E-state index contributed by atoms with van der Waals surface area (Å²) in [6.07, 6.45) is 6.19. The molecule has 1 aliphatic carbocycles. The number of amides is 4. The van der Waals surface area contributed by atoms with Crippen molar-refractivity contribution in [2.45, 2.75) is 64.6 Å². The van der Waals surface area contributed by atoms with Crippen LogP contribution in [0.25, 0.3) is 10.2 Å². The van der Waals surface area contributed by atoms with Crippen molar-refractivity contribution in [3.63, 3.8) is 0 Å². The molecular weight excluding hydrogens is 502 g/mol. The molecule has 0 unspecified atom stereocenters. The molecule has 3 aromatic rings. The van der Waals surface area contributed by atoms with E-state index >= 15 is 0 Å². The summed E-state index contributed by atoms with van der Waals surface area (Å²) in [7, 11) is 0. The smallest absolute Gasteiger partial charge is 0.331 e. The average Bonchev–Trinajstić information content (AvgIpc) is 3.24. The second-order valence-corrected chi connectivity index (χ2v) is 10.9. The highest BCUT2D eigenvalue weighted by Gasteiger charge is 2.34. The molecule has 1 aliphatic heterocycles. The minimum absolute atomic E-state index is 0.0117. The van der Waals surface area contributed by atoms with Crippen molar-refractivity contribution < 1.29 is 19.1 Å². The fourth-order valence-corrected chi connectivity index (χ4v) is 6.19. The summed E-state index contributed by atoms with van der Waals surface area (Å²) in [5.74, 6) is 0.275. The number of thiophene rings is 1. The number of urea groups is 1. The Morgan fingerprint density at radius 1 is 1.21 bits per heavy atom. The number of hydrogen-bond donors (Lipinski definition) is 3. The van der Waals surface area contributed by atoms with Crippen LogP contribution < -0.4 is 25.6 Å². The molecule has 10 heteroatoms. The van der Waals surface area contributed by atoms with Crippen molar-refractivity contribution in [3.05, 3.63) is 53.6 Å². The molecule has 5 rings (SSSR count). The molecule has 2 aromatic heterocycles. The zero-order valence-electron chi connectivity index (χ0n) is 21.7. The first kappa shape index (κ1) is 25.7. The van der Waals surface area contributed by atoms with Gasteiger partial charge in [0.1, 0.15) is 15.5 Å². The Morgan fingerprint density at radius 2 is 1.97 bits per heavy atom. The Hall–Kier alpha value is -3.92. The van der Waals surface area contributed by atoms with Crippen LogP contribution in [0, 0.1) is 6.92 Å². The predicted octanol–water partition coefficient (Wildman–Crippen LogP) is 5.42. The first-order chi connectivity index (χ1) is 18.2. The molecule has 2 atom stereocenters. The van der Waals surface area contributed by atoms with Gasteiger partial charge in [0.05, 0.1) is 28.6 Å². The van der Waals surface area contributed by atoms with Crippen LogP contribution in [-0.4, -0.2) is 41.0 Å². The molecule has 9 nitrogen and oxygen atoms in total. The van der Waals surface area contributed by atoms with E-state index in [0.29, 0.717) is 27.5 Å². The molecule has 1 fully saturated rings. The summed E-state index contributed by atoms with van der Waals surface area (Å²) in [5, 5.41) is 9.73. The van der Waals surface area contributed by atoms with Crippen LogP contribution in [-0.2, 0) is 4.79 Å². The van der Waals surface area contributed by atoms with Crippen LogP contribution in [0.5, 0.6) is 5.75 Å². The quantitative estimate of drug-likeness (QED) is 0.351. The largest absolute Gasteiger partial charge is 0.491 e. The van der Waals surface area contributed by atoms with Gasteiger partial charge in [-0.2, -0.15) is 0 Å². The second kappa shape index (κ2) is 10.4.